The van der Waals surface area contributed by atoms with Crippen LogP contribution in [0, 0.1) is 0 Å². The minimum Gasteiger partial charge on any atom is -0.456 e. The van der Waals surface area contributed by atoms with Crippen molar-refractivity contribution in [3.63, 3.8) is 0 Å². The van der Waals surface area contributed by atoms with Crippen LogP contribution in [0.3, 0.4) is 0 Å². The van der Waals surface area contributed by atoms with E-state index in [0.717, 1.165) is 82.4 Å². The first-order valence-corrected chi connectivity index (χ1v) is 40.5. The Hall–Kier alpha value is -14.4. The number of para-hydroxylation sites is 2. The van der Waals surface area contributed by atoms with Crippen LogP contribution >= 0.6 is 34.0 Å². The Kier molecular flexibility index (Phi) is 15.3. The van der Waals surface area contributed by atoms with Crippen molar-refractivity contribution in [2.24, 2.45) is 0 Å². The Balaban J connectivity index is 0.000000135. The van der Waals surface area contributed by atoms with Crippen molar-refractivity contribution < 1.29 is 4.42 Å². The van der Waals surface area contributed by atoms with Crippen molar-refractivity contribution in [3.8, 4) is 102 Å². The maximum absolute atomic E-state index is 6.43. The van der Waals surface area contributed by atoms with E-state index in [-0.39, 0.29) is 0 Å². The molecule has 0 aliphatic rings. The Bertz CT molecular complexity index is 7880. The number of aromatic nitrogens is 8. The molecule has 0 N–H and O–H groups in total. The summed E-state index contributed by atoms with van der Waals surface area (Å²) in [5.74, 6) is 3.86. The molecule has 0 bridgehead atoms. The second kappa shape index (κ2) is 26.7. The smallest absolute Gasteiger partial charge is 0.165 e. The lowest BCUT2D eigenvalue weighted by atomic mass is 10.0. The van der Waals surface area contributed by atoms with Gasteiger partial charge in [0.2, 0.25) is 0 Å². The Labute approximate surface area is 664 Å². The number of hydrogen-bond donors (Lipinski definition) is 0. The number of fused-ring (bicyclic) bond motifs is 18. The summed E-state index contributed by atoms with van der Waals surface area (Å²) >= 11 is 5.52. The van der Waals surface area contributed by atoms with Crippen LogP contribution in [0.1, 0.15) is 0 Å². The van der Waals surface area contributed by atoms with Crippen LogP contribution in [0.5, 0.6) is 0 Å². The highest BCUT2D eigenvalue weighted by Crippen LogP contribution is 2.47. The molecule has 16 aromatic carbocycles. The van der Waals surface area contributed by atoms with Gasteiger partial charge >= 0.3 is 0 Å². The normalized spacial score (nSPS) is 11.9. The van der Waals surface area contributed by atoms with Crippen molar-refractivity contribution in [1.82, 2.24) is 39.0 Å². The Morgan fingerprint density at radius 2 is 0.561 bits per heavy atom. The van der Waals surface area contributed by atoms with Crippen LogP contribution < -0.4 is 0 Å². The van der Waals surface area contributed by atoms with E-state index in [1.807, 2.05) is 143 Å². The molecule has 24 aromatic rings. The van der Waals surface area contributed by atoms with Gasteiger partial charge in [-0.15, -0.1) is 34.0 Å². The van der Waals surface area contributed by atoms with E-state index in [9.17, 15) is 0 Å². The summed E-state index contributed by atoms with van der Waals surface area (Å²) < 4.78 is 18.9. The van der Waals surface area contributed by atoms with Gasteiger partial charge < -0.3 is 13.6 Å². The summed E-state index contributed by atoms with van der Waals surface area (Å²) in [5.41, 5.74) is 19.1. The summed E-state index contributed by atoms with van der Waals surface area (Å²) in [4.78, 5) is 30.1. The molecular weight excluding hydrogens is 1450 g/mol. The van der Waals surface area contributed by atoms with E-state index in [1.54, 1.807) is 0 Å². The number of thiophene rings is 3. The average Bonchev–Trinajstić information content (AvgIpc) is 1.57. The van der Waals surface area contributed by atoms with Crippen molar-refractivity contribution in [3.05, 3.63) is 364 Å². The second-order valence-corrected chi connectivity index (χ2v) is 32.0. The molecule has 0 aliphatic heterocycles. The summed E-state index contributed by atoms with van der Waals surface area (Å²) in [5, 5.41) is 14.6. The molecule has 12 heteroatoms. The third-order valence-corrected chi connectivity index (χ3v) is 25.7. The van der Waals surface area contributed by atoms with Crippen molar-refractivity contribution in [2.75, 3.05) is 0 Å². The summed E-state index contributed by atoms with van der Waals surface area (Å²) in [6.45, 7) is 0. The largest absolute Gasteiger partial charge is 0.456 e. The predicted molar refractivity (Wildman–Crippen MR) is 478 cm³/mol. The summed E-state index contributed by atoms with van der Waals surface area (Å²) in [6.07, 6.45) is 0. The quantitative estimate of drug-likeness (QED) is 0.134. The molecule has 114 heavy (non-hydrogen) atoms. The molecule has 9 nitrogen and oxygen atoms in total. The number of furan rings is 1. The van der Waals surface area contributed by atoms with Gasteiger partial charge in [0, 0.05) is 127 Å². The fourth-order valence-electron chi connectivity index (χ4n) is 16.7. The Morgan fingerprint density at radius 3 is 1.09 bits per heavy atom. The minimum absolute atomic E-state index is 0.611. The third kappa shape index (κ3) is 11.0. The molecule has 8 heterocycles. The maximum atomic E-state index is 6.43. The highest BCUT2D eigenvalue weighted by molar-refractivity contribution is 7.27. The lowest BCUT2D eigenvalue weighted by molar-refractivity contribution is 0.669. The van der Waals surface area contributed by atoms with Crippen LogP contribution in [0.15, 0.2) is 368 Å². The number of nitrogens with zero attached hydrogens (tertiary/aromatic N) is 8. The first-order chi connectivity index (χ1) is 56.5. The molecule has 0 saturated carbocycles. The molecule has 0 atom stereocenters. The highest BCUT2D eigenvalue weighted by atomic mass is 32.1. The zero-order valence-electron chi connectivity index (χ0n) is 60.9. The number of benzene rings is 16. The van der Waals surface area contributed by atoms with Gasteiger partial charge in [-0.2, -0.15) is 0 Å². The standard InChI is InChI=1S/C51H30N4OS.C51H30N4S2/c1-3-11-31(12-4-1)49-52-50(32-13-5-2-6-14-32)54-51(53-49)35-20-24-45-40(29-35)41-30-36(22-25-46(41)56-45)55-43-17-9-7-15-37(43)39-27-33(19-23-44(39)55)34-21-26-48-42(28-34)38-16-8-10-18-47(38)57-48;1-3-13-31(14-4-1)49-52-50(32-15-5-2-6-16-32)54-51(53-49)39-21-11-19-37-38-20-12-23-44(48(38)57-47(37)39)55-42-22-9-7-17-35(42)40-29-33(25-27-43(40)55)34-26-28-46-41(30-34)36-18-8-10-24-45(36)56-46/h2*1-30H. The topological polar surface area (TPSA) is 100 Å². The molecule has 0 aliphatic carbocycles. The van der Waals surface area contributed by atoms with Crippen LogP contribution in [0.25, 0.3) is 228 Å². The van der Waals surface area contributed by atoms with Crippen molar-refractivity contribution >= 4 is 160 Å². The fourth-order valence-corrected chi connectivity index (χ4v) is 20.2. The zero-order valence-corrected chi connectivity index (χ0v) is 63.3. The van der Waals surface area contributed by atoms with Crippen LogP contribution in [-0.4, -0.2) is 39.0 Å². The molecule has 0 radical (unpaired) electrons. The number of rotatable bonds is 10. The molecule has 8 aromatic heterocycles. The fraction of sp³-hybridized carbons (Fsp3) is 0. The van der Waals surface area contributed by atoms with E-state index in [4.69, 9.17) is 34.3 Å². The van der Waals surface area contributed by atoms with E-state index in [1.165, 1.54) is 111 Å². The third-order valence-electron chi connectivity index (χ3n) is 22.1. The Morgan fingerprint density at radius 1 is 0.202 bits per heavy atom. The predicted octanol–water partition coefficient (Wildman–Crippen LogP) is 28.3. The maximum Gasteiger partial charge on any atom is 0.165 e. The first-order valence-electron chi connectivity index (χ1n) is 38.0. The van der Waals surface area contributed by atoms with Crippen LogP contribution in [0.2, 0.25) is 0 Å². The lowest BCUT2D eigenvalue weighted by Crippen LogP contribution is -2.00. The first kappa shape index (κ1) is 65.5. The average molecular weight is 1510 g/mol. The van der Waals surface area contributed by atoms with Gasteiger partial charge in [0.1, 0.15) is 11.2 Å². The summed E-state index contributed by atoms with van der Waals surface area (Å²) in [6, 6.07) is 129. The van der Waals surface area contributed by atoms with Gasteiger partial charge in [0.15, 0.2) is 34.9 Å². The van der Waals surface area contributed by atoms with E-state index in [0.29, 0.717) is 34.9 Å². The molecular formula is C102H60N8OS3. The van der Waals surface area contributed by atoms with Crippen LogP contribution in [-0.2, 0) is 0 Å². The van der Waals surface area contributed by atoms with E-state index < -0.39 is 0 Å². The van der Waals surface area contributed by atoms with Crippen molar-refractivity contribution in [2.45, 2.75) is 0 Å². The molecule has 532 valence electrons. The SMILES string of the molecule is c1ccc(-c2nc(-c3ccccc3)nc(-c3ccc4oc5ccc(-n6c7ccccc7c7cc(-c8ccc9sc%10ccccc%10c9c8)ccc76)cc5c4c3)n2)cc1.c1ccc(-c2nc(-c3ccccc3)nc(-c3cccc4c3sc3c(-n5c6ccccc6c6cc(-c7ccc8sc9ccccc9c8c7)ccc65)cccc34)n2)cc1. The summed E-state index contributed by atoms with van der Waals surface area (Å²) in [7, 11) is 0. The monoisotopic (exact) mass is 1510 g/mol. The zero-order chi connectivity index (χ0) is 74.9. The van der Waals surface area contributed by atoms with Gasteiger partial charge in [0.05, 0.1) is 32.5 Å². The highest BCUT2D eigenvalue weighted by Gasteiger charge is 2.24. The molecule has 0 spiro atoms. The van der Waals surface area contributed by atoms with Crippen LogP contribution in [0.4, 0.5) is 0 Å². The molecule has 0 fully saturated rings. The van der Waals surface area contributed by atoms with Gasteiger partial charge in [-0.25, -0.2) is 29.9 Å². The molecule has 24 rings (SSSR count). The molecule has 0 amide bonds. The van der Waals surface area contributed by atoms with E-state index in [2.05, 4.69) is 264 Å². The second-order valence-electron chi connectivity index (χ2n) is 28.8. The van der Waals surface area contributed by atoms with Crippen molar-refractivity contribution in [1.29, 1.82) is 0 Å². The molecule has 0 unspecified atom stereocenters. The van der Waals surface area contributed by atoms with Gasteiger partial charge in [0.25, 0.3) is 0 Å². The van der Waals surface area contributed by atoms with E-state index >= 15 is 0 Å². The number of hydrogen-bond acceptors (Lipinski definition) is 10. The lowest BCUT2D eigenvalue weighted by Gasteiger charge is -2.10. The molecule has 0 saturated heterocycles. The van der Waals surface area contributed by atoms with Gasteiger partial charge in [-0.1, -0.05) is 243 Å². The van der Waals surface area contributed by atoms with Gasteiger partial charge in [-0.3, -0.25) is 0 Å². The van der Waals surface area contributed by atoms with Gasteiger partial charge in [-0.05, 0) is 144 Å². The minimum atomic E-state index is 0.611.